The number of likely N-dealkylation sites (N-methyl/N-ethyl adjacent to an activating group) is 1. The lowest BCUT2D eigenvalue weighted by Gasteiger charge is -2.26. The predicted octanol–water partition coefficient (Wildman–Crippen LogP) is 8.25. The highest BCUT2D eigenvalue weighted by molar-refractivity contribution is 6.03. The van der Waals surface area contributed by atoms with Gasteiger partial charge in [0, 0.05) is 41.6 Å². The molecule has 210 valence electrons. The summed E-state index contributed by atoms with van der Waals surface area (Å²) >= 11 is 0. The molecule has 0 fully saturated rings. The van der Waals surface area contributed by atoms with Crippen LogP contribution in [-0.2, 0) is 10.8 Å². The molecule has 2 heterocycles. The van der Waals surface area contributed by atoms with E-state index in [-0.39, 0.29) is 10.8 Å². The van der Waals surface area contributed by atoms with Crippen LogP contribution in [0.25, 0.3) is 0 Å². The predicted molar refractivity (Wildman–Crippen MR) is 168 cm³/mol. The van der Waals surface area contributed by atoms with Gasteiger partial charge in [0.25, 0.3) is 0 Å². The number of rotatable bonds is 5. The molecular weight excluding hydrogens is 492 g/mol. The van der Waals surface area contributed by atoms with E-state index in [1.165, 1.54) is 50.6 Å². The van der Waals surface area contributed by atoms with Gasteiger partial charge in [0.1, 0.15) is 18.5 Å². The summed E-state index contributed by atoms with van der Waals surface area (Å²) < 4.78 is 13.4. The van der Waals surface area contributed by atoms with Gasteiger partial charge in [-0.05, 0) is 98.2 Å². The minimum atomic E-state index is -0.0940. The molecule has 2 aliphatic heterocycles. The van der Waals surface area contributed by atoms with Crippen LogP contribution >= 0.6 is 0 Å². The molecule has 0 bridgehead atoms. The Kier molecular flexibility index (Phi) is 7.10. The van der Waals surface area contributed by atoms with E-state index in [1.807, 2.05) is 0 Å². The Morgan fingerprint density at radius 3 is 2.20 bits per heavy atom. The van der Waals surface area contributed by atoms with Crippen LogP contribution in [0.15, 0.2) is 83.1 Å². The molecule has 2 aromatic carbocycles. The molecule has 1 atom stereocenters. The van der Waals surface area contributed by atoms with Crippen molar-refractivity contribution in [1.29, 1.82) is 0 Å². The Morgan fingerprint density at radius 1 is 0.875 bits per heavy atom. The van der Waals surface area contributed by atoms with Gasteiger partial charge in [-0.3, -0.25) is 0 Å². The fourth-order valence-corrected chi connectivity index (χ4v) is 6.97. The average molecular weight is 538 g/mol. The van der Waals surface area contributed by atoms with E-state index in [0.29, 0.717) is 5.92 Å². The van der Waals surface area contributed by atoms with Crippen molar-refractivity contribution in [2.45, 2.75) is 65.2 Å². The number of fused-ring (bicyclic) bond motifs is 2. The summed E-state index contributed by atoms with van der Waals surface area (Å²) in [4.78, 5) is 2.33. The van der Waals surface area contributed by atoms with E-state index in [1.54, 1.807) is 14.2 Å². The topological polar surface area (TPSA) is 24.7 Å². The van der Waals surface area contributed by atoms with Crippen LogP contribution in [0.5, 0.6) is 11.5 Å². The maximum atomic E-state index is 5.53. The van der Waals surface area contributed by atoms with Crippen molar-refractivity contribution in [3.63, 3.8) is 0 Å². The lowest BCUT2D eigenvalue weighted by atomic mass is 9.79. The maximum Gasteiger partial charge on any atom is 0.209 e. The molecule has 5 rings (SSSR count). The van der Waals surface area contributed by atoms with Gasteiger partial charge in [0.2, 0.25) is 5.69 Å². The van der Waals surface area contributed by atoms with Crippen molar-refractivity contribution in [1.82, 2.24) is 0 Å². The SMILES string of the molecule is COc1ccc2c(c1)C(C)(C)C(=CC=C1CC(C)CC(C=CC3=[N+](C)c4ccc(OC)cc4C3(C)C)=C1C)N2C. The van der Waals surface area contributed by atoms with Crippen molar-refractivity contribution >= 4 is 17.1 Å². The summed E-state index contributed by atoms with van der Waals surface area (Å²) in [5.74, 6) is 2.42. The number of allylic oxidation sites excluding steroid dienone is 8. The molecule has 0 N–H and O–H groups in total. The zero-order chi connectivity index (χ0) is 29.0. The Morgan fingerprint density at radius 2 is 1.52 bits per heavy atom. The van der Waals surface area contributed by atoms with E-state index in [0.717, 1.165) is 24.3 Å². The molecule has 4 nitrogen and oxygen atoms in total. The summed E-state index contributed by atoms with van der Waals surface area (Å²) in [5.41, 5.74) is 11.8. The summed E-state index contributed by atoms with van der Waals surface area (Å²) in [5, 5.41) is 0. The zero-order valence-electron chi connectivity index (χ0n) is 26.0. The van der Waals surface area contributed by atoms with Crippen LogP contribution in [0.1, 0.15) is 65.5 Å². The second kappa shape index (κ2) is 10.1. The minimum Gasteiger partial charge on any atom is -0.497 e. The number of methoxy groups -OCH3 is 2. The normalized spacial score (nSPS) is 23.4. The second-order valence-electron chi connectivity index (χ2n) is 12.8. The largest absolute Gasteiger partial charge is 0.497 e. The highest BCUT2D eigenvalue weighted by atomic mass is 16.5. The van der Waals surface area contributed by atoms with E-state index in [9.17, 15) is 0 Å². The standard InChI is InChI=1S/C36H45N2O2/c1-23-19-25(11-17-33-35(3,4)29-21-27(39-9)13-15-31(29)37(33)7)24(2)26(20-23)12-18-34-36(5,6)30-22-28(40-10)14-16-32(30)38(34)8/h11-18,21-23H,19-20H2,1-10H3/q+1. The van der Waals surface area contributed by atoms with Crippen LogP contribution < -0.4 is 14.4 Å². The van der Waals surface area contributed by atoms with Gasteiger partial charge in [0.15, 0.2) is 5.71 Å². The molecule has 0 amide bonds. The molecule has 1 aliphatic carbocycles. The Balaban J connectivity index is 1.47. The van der Waals surface area contributed by atoms with Crippen molar-refractivity contribution < 1.29 is 14.0 Å². The summed E-state index contributed by atoms with van der Waals surface area (Å²) in [7, 11) is 7.82. The number of hydrogen-bond donors (Lipinski definition) is 0. The fraction of sp³-hybridized carbons (Fsp3) is 0.417. The monoisotopic (exact) mass is 537 g/mol. The van der Waals surface area contributed by atoms with Crippen LogP contribution in [0.3, 0.4) is 0 Å². The molecule has 0 saturated carbocycles. The molecule has 0 aromatic heterocycles. The van der Waals surface area contributed by atoms with E-state index in [4.69, 9.17) is 9.47 Å². The number of anilines is 1. The average Bonchev–Trinajstić information content (AvgIpc) is 3.24. The number of hydrogen-bond acceptors (Lipinski definition) is 3. The van der Waals surface area contributed by atoms with Gasteiger partial charge < -0.3 is 14.4 Å². The lowest BCUT2D eigenvalue weighted by molar-refractivity contribution is -0.401. The van der Waals surface area contributed by atoms with Gasteiger partial charge in [-0.25, -0.2) is 0 Å². The van der Waals surface area contributed by atoms with Crippen LogP contribution in [-0.4, -0.2) is 38.6 Å². The number of nitrogens with zero attached hydrogens (tertiary/aromatic N) is 2. The van der Waals surface area contributed by atoms with E-state index < -0.39 is 0 Å². The van der Waals surface area contributed by atoms with Gasteiger partial charge in [0.05, 0.1) is 19.6 Å². The van der Waals surface area contributed by atoms with Crippen molar-refractivity contribution in [3.05, 3.63) is 94.2 Å². The van der Waals surface area contributed by atoms with E-state index >= 15 is 0 Å². The Labute approximate surface area is 241 Å². The van der Waals surface area contributed by atoms with Crippen molar-refractivity contribution in [2.24, 2.45) is 5.92 Å². The third-order valence-corrected chi connectivity index (χ3v) is 9.47. The molecular formula is C36H45N2O2+. The summed E-state index contributed by atoms with van der Waals surface area (Å²) in [6, 6.07) is 12.8. The molecule has 3 aliphatic rings. The van der Waals surface area contributed by atoms with Crippen molar-refractivity contribution in [3.8, 4) is 11.5 Å². The molecule has 0 radical (unpaired) electrons. The first-order valence-electron chi connectivity index (χ1n) is 14.4. The van der Waals surface area contributed by atoms with Gasteiger partial charge >= 0.3 is 0 Å². The fourth-order valence-electron chi connectivity index (χ4n) is 6.97. The summed E-state index contributed by atoms with van der Waals surface area (Å²) in [6.45, 7) is 13.9. The van der Waals surface area contributed by atoms with Crippen molar-refractivity contribution in [2.75, 3.05) is 33.2 Å². The smallest absolute Gasteiger partial charge is 0.209 e. The van der Waals surface area contributed by atoms with Gasteiger partial charge in [-0.15, -0.1) is 0 Å². The third kappa shape index (κ3) is 4.52. The summed E-state index contributed by atoms with van der Waals surface area (Å²) in [6.07, 6.45) is 11.6. The van der Waals surface area contributed by atoms with Crippen LogP contribution in [0.4, 0.5) is 11.4 Å². The highest BCUT2D eigenvalue weighted by Crippen LogP contribution is 2.48. The maximum absolute atomic E-state index is 5.53. The van der Waals surface area contributed by atoms with E-state index in [2.05, 4.69) is 126 Å². The first kappa shape index (κ1) is 28.0. The van der Waals surface area contributed by atoms with Gasteiger partial charge in [-0.2, -0.15) is 4.58 Å². The second-order valence-corrected chi connectivity index (χ2v) is 12.8. The third-order valence-electron chi connectivity index (χ3n) is 9.47. The number of benzene rings is 2. The molecule has 1 unspecified atom stereocenters. The zero-order valence-corrected chi connectivity index (χ0v) is 26.0. The Bertz CT molecular complexity index is 1510. The minimum absolute atomic E-state index is 0.0940. The first-order chi connectivity index (χ1) is 18.9. The molecule has 0 spiro atoms. The lowest BCUT2D eigenvalue weighted by Crippen LogP contribution is -2.26. The number of ether oxygens (including phenoxy) is 2. The molecule has 0 saturated heterocycles. The van der Waals surface area contributed by atoms with Crippen LogP contribution in [0, 0.1) is 5.92 Å². The first-order valence-corrected chi connectivity index (χ1v) is 14.4. The Hall–Kier alpha value is -3.53. The quantitative estimate of drug-likeness (QED) is 0.359. The van der Waals surface area contributed by atoms with Crippen LogP contribution in [0.2, 0.25) is 0 Å². The molecule has 2 aromatic rings. The highest BCUT2D eigenvalue weighted by Gasteiger charge is 2.43. The molecule has 40 heavy (non-hydrogen) atoms. The van der Waals surface area contributed by atoms with Gasteiger partial charge in [-0.1, -0.05) is 32.9 Å². The molecule has 4 heteroatoms.